The fraction of sp³-hybridized carbons (Fsp3) is 0.429. The van der Waals surface area contributed by atoms with E-state index < -0.39 is 6.10 Å². The number of rotatable bonds is 4. The van der Waals surface area contributed by atoms with Crippen molar-refractivity contribution in [2.45, 2.75) is 32.8 Å². The molecule has 0 fully saturated rings. The number of hydrogen-bond donors (Lipinski definition) is 1. The van der Waals surface area contributed by atoms with Gasteiger partial charge in [-0.15, -0.1) is 0 Å². The van der Waals surface area contributed by atoms with Gasteiger partial charge in [-0.1, -0.05) is 42.2 Å². The lowest BCUT2D eigenvalue weighted by molar-refractivity contribution is 0.120. The fourth-order valence-electron chi connectivity index (χ4n) is 2.17. The maximum absolute atomic E-state index is 9.83. The Labute approximate surface area is 127 Å². The Morgan fingerprint density at radius 2 is 1.85 bits per heavy atom. The van der Waals surface area contributed by atoms with Gasteiger partial charge in [-0.2, -0.15) is 4.98 Å². The van der Waals surface area contributed by atoms with Crippen molar-refractivity contribution >= 4 is 23.2 Å². The second kappa shape index (κ2) is 6.12. The normalized spacial score (nSPS) is 14.6. The van der Waals surface area contributed by atoms with Crippen LogP contribution < -0.4 is 0 Å². The third kappa shape index (κ3) is 3.14. The van der Waals surface area contributed by atoms with E-state index in [0.717, 1.165) is 5.56 Å². The molecular formula is C14H16Cl2N2O2. The second-order valence-electron chi connectivity index (χ2n) is 5.10. The number of halogens is 2. The van der Waals surface area contributed by atoms with Crippen LogP contribution in [0.2, 0.25) is 10.0 Å². The molecule has 1 heterocycles. The molecule has 2 unspecified atom stereocenters. The van der Waals surface area contributed by atoms with Gasteiger partial charge >= 0.3 is 0 Å². The standard InChI is InChI=1S/C14H16Cl2N2O2/c1-7(2)12(8(3)19)14-17-13(18-20-14)9-4-5-10(15)11(16)6-9/h4-8,12,19H,1-3H3. The molecule has 2 rings (SSSR count). The first kappa shape index (κ1) is 15.3. The summed E-state index contributed by atoms with van der Waals surface area (Å²) in [5.41, 5.74) is 0.725. The van der Waals surface area contributed by atoms with E-state index in [-0.39, 0.29) is 11.8 Å². The number of aliphatic hydroxyl groups excluding tert-OH is 1. The van der Waals surface area contributed by atoms with Crippen LogP contribution in [0.15, 0.2) is 22.7 Å². The SMILES string of the molecule is CC(C)C(c1nc(-c2ccc(Cl)c(Cl)c2)no1)C(C)O. The first-order valence-corrected chi connectivity index (χ1v) is 7.13. The first-order chi connectivity index (χ1) is 9.40. The molecule has 1 N–H and O–H groups in total. The van der Waals surface area contributed by atoms with Crippen LogP contribution in [0, 0.1) is 5.92 Å². The number of aliphatic hydroxyl groups is 1. The molecule has 6 heteroatoms. The molecule has 0 spiro atoms. The van der Waals surface area contributed by atoms with Crippen molar-refractivity contribution in [1.82, 2.24) is 10.1 Å². The Balaban J connectivity index is 2.34. The van der Waals surface area contributed by atoms with Crippen molar-refractivity contribution in [3.8, 4) is 11.4 Å². The predicted octanol–water partition coefficient (Wildman–Crippen LogP) is 4.16. The van der Waals surface area contributed by atoms with Crippen LogP contribution in [0.1, 0.15) is 32.6 Å². The zero-order chi connectivity index (χ0) is 14.9. The molecular weight excluding hydrogens is 299 g/mol. The van der Waals surface area contributed by atoms with Crippen molar-refractivity contribution in [1.29, 1.82) is 0 Å². The summed E-state index contributed by atoms with van der Waals surface area (Å²) in [6.45, 7) is 5.72. The Kier molecular flexibility index (Phi) is 4.68. The Bertz CT molecular complexity index is 589. The first-order valence-electron chi connectivity index (χ1n) is 6.37. The quantitative estimate of drug-likeness (QED) is 0.920. The molecule has 20 heavy (non-hydrogen) atoms. The Morgan fingerprint density at radius 1 is 1.15 bits per heavy atom. The molecule has 1 aromatic carbocycles. The molecule has 0 amide bonds. The Hall–Kier alpha value is -1.10. The van der Waals surface area contributed by atoms with E-state index in [0.29, 0.717) is 21.8 Å². The topological polar surface area (TPSA) is 59.2 Å². The highest BCUT2D eigenvalue weighted by atomic mass is 35.5. The molecule has 2 atom stereocenters. The van der Waals surface area contributed by atoms with Crippen molar-refractivity contribution in [2.75, 3.05) is 0 Å². The van der Waals surface area contributed by atoms with Crippen molar-refractivity contribution in [3.63, 3.8) is 0 Å². The van der Waals surface area contributed by atoms with E-state index >= 15 is 0 Å². The molecule has 0 aliphatic heterocycles. The van der Waals surface area contributed by atoms with Crippen molar-refractivity contribution in [3.05, 3.63) is 34.1 Å². The molecule has 0 bridgehead atoms. The number of benzene rings is 1. The summed E-state index contributed by atoms with van der Waals surface area (Å²) in [7, 11) is 0. The van der Waals surface area contributed by atoms with Gasteiger partial charge < -0.3 is 9.63 Å². The van der Waals surface area contributed by atoms with E-state index in [1.54, 1.807) is 25.1 Å². The molecule has 2 aromatic rings. The molecule has 4 nitrogen and oxygen atoms in total. The maximum Gasteiger partial charge on any atom is 0.232 e. The van der Waals surface area contributed by atoms with E-state index in [4.69, 9.17) is 27.7 Å². The maximum atomic E-state index is 9.83. The van der Waals surface area contributed by atoms with Gasteiger partial charge in [-0.05, 0) is 31.0 Å². The van der Waals surface area contributed by atoms with E-state index in [1.165, 1.54) is 0 Å². The van der Waals surface area contributed by atoms with Crippen LogP contribution in [-0.2, 0) is 0 Å². The monoisotopic (exact) mass is 314 g/mol. The second-order valence-corrected chi connectivity index (χ2v) is 5.91. The minimum atomic E-state index is -0.558. The van der Waals surface area contributed by atoms with Crippen LogP contribution in [0.3, 0.4) is 0 Å². The van der Waals surface area contributed by atoms with Gasteiger partial charge in [-0.3, -0.25) is 0 Å². The minimum absolute atomic E-state index is 0.192. The summed E-state index contributed by atoms with van der Waals surface area (Å²) in [6.07, 6.45) is -0.558. The largest absolute Gasteiger partial charge is 0.393 e. The van der Waals surface area contributed by atoms with Gasteiger partial charge in [0.15, 0.2) is 0 Å². The average Bonchev–Trinajstić information content (AvgIpc) is 2.81. The number of nitrogens with zero attached hydrogens (tertiary/aromatic N) is 2. The molecule has 108 valence electrons. The smallest absolute Gasteiger partial charge is 0.232 e. The minimum Gasteiger partial charge on any atom is -0.393 e. The highest BCUT2D eigenvalue weighted by Gasteiger charge is 2.27. The van der Waals surface area contributed by atoms with Gasteiger partial charge in [0.1, 0.15) is 0 Å². The van der Waals surface area contributed by atoms with Gasteiger partial charge in [-0.25, -0.2) is 0 Å². The summed E-state index contributed by atoms with van der Waals surface area (Å²) >= 11 is 11.9. The fourth-order valence-corrected chi connectivity index (χ4v) is 2.47. The van der Waals surface area contributed by atoms with Crippen LogP contribution in [0.5, 0.6) is 0 Å². The molecule has 0 aliphatic rings. The summed E-state index contributed by atoms with van der Waals surface area (Å²) in [5, 5.41) is 14.7. The van der Waals surface area contributed by atoms with E-state index in [9.17, 15) is 5.11 Å². The summed E-state index contributed by atoms with van der Waals surface area (Å²) in [6, 6.07) is 5.14. The third-order valence-electron chi connectivity index (χ3n) is 3.14. The highest BCUT2D eigenvalue weighted by Crippen LogP contribution is 2.30. The average molecular weight is 315 g/mol. The van der Waals surface area contributed by atoms with Crippen LogP contribution >= 0.6 is 23.2 Å². The zero-order valence-electron chi connectivity index (χ0n) is 11.5. The summed E-state index contributed by atoms with van der Waals surface area (Å²) in [4.78, 5) is 4.35. The predicted molar refractivity (Wildman–Crippen MR) is 79.0 cm³/mol. The van der Waals surface area contributed by atoms with Crippen molar-refractivity contribution in [2.24, 2.45) is 5.92 Å². The lowest BCUT2D eigenvalue weighted by Gasteiger charge is -2.19. The number of hydrogen-bond acceptors (Lipinski definition) is 4. The lowest BCUT2D eigenvalue weighted by Crippen LogP contribution is -2.20. The van der Waals surface area contributed by atoms with Gasteiger partial charge in [0.05, 0.1) is 22.1 Å². The highest BCUT2D eigenvalue weighted by molar-refractivity contribution is 6.42. The van der Waals surface area contributed by atoms with Crippen LogP contribution in [0.25, 0.3) is 11.4 Å². The number of aromatic nitrogens is 2. The van der Waals surface area contributed by atoms with Gasteiger partial charge in [0.2, 0.25) is 11.7 Å². The van der Waals surface area contributed by atoms with E-state index in [2.05, 4.69) is 10.1 Å². The van der Waals surface area contributed by atoms with Crippen molar-refractivity contribution < 1.29 is 9.63 Å². The zero-order valence-corrected chi connectivity index (χ0v) is 13.0. The molecule has 0 radical (unpaired) electrons. The third-order valence-corrected chi connectivity index (χ3v) is 3.88. The Morgan fingerprint density at radius 3 is 2.40 bits per heavy atom. The van der Waals surface area contributed by atoms with Gasteiger partial charge in [0, 0.05) is 5.56 Å². The van der Waals surface area contributed by atoms with Crippen LogP contribution in [0.4, 0.5) is 0 Å². The summed E-state index contributed by atoms with van der Waals surface area (Å²) < 4.78 is 5.28. The molecule has 0 saturated carbocycles. The van der Waals surface area contributed by atoms with E-state index in [1.807, 2.05) is 13.8 Å². The lowest BCUT2D eigenvalue weighted by atomic mass is 9.91. The molecule has 0 saturated heterocycles. The van der Waals surface area contributed by atoms with Crippen LogP contribution in [-0.4, -0.2) is 21.4 Å². The molecule has 1 aromatic heterocycles. The van der Waals surface area contributed by atoms with Gasteiger partial charge in [0.25, 0.3) is 0 Å². The molecule has 0 aliphatic carbocycles. The summed E-state index contributed by atoms with van der Waals surface area (Å²) in [5.74, 6) is 0.858.